The van der Waals surface area contributed by atoms with Crippen LogP contribution in [0.3, 0.4) is 0 Å². The fraction of sp³-hybridized carbons (Fsp3) is 0.389. The van der Waals surface area contributed by atoms with Gasteiger partial charge in [0.1, 0.15) is 16.3 Å². The first kappa shape index (κ1) is 17.0. The van der Waals surface area contributed by atoms with E-state index in [2.05, 4.69) is 6.07 Å². The van der Waals surface area contributed by atoms with Gasteiger partial charge in [-0.15, -0.1) is 11.3 Å². The third-order valence-corrected chi connectivity index (χ3v) is 5.93. The van der Waals surface area contributed by atoms with E-state index in [0.29, 0.717) is 17.2 Å². The fourth-order valence-corrected chi connectivity index (χ4v) is 4.65. The van der Waals surface area contributed by atoms with E-state index in [1.54, 1.807) is 25.2 Å². The SMILES string of the molecule is CCOC(=O)[C@@H](C)Sc1nc2c(c(-c3cccs3)c1C#N)CCC2. The Morgan fingerprint density at radius 2 is 2.38 bits per heavy atom. The molecular weight excluding hydrogens is 340 g/mol. The minimum absolute atomic E-state index is 0.272. The lowest BCUT2D eigenvalue weighted by Crippen LogP contribution is -2.17. The maximum Gasteiger partial charge on any atom is 0.319 e. The first-order valence-corrected chi connectivity index (χ1v) is 9.74. The third-order valence-electron chi connectivity index (χ3n) is 3.98. The van der Waals surface area contributed by atoms with Gasteiger partial charge in [-0.05, 0) is 50.1 Å². The first-order valence-electron chi connectivity index (χ1n) is 7.98. The molecule has 4 nitrogen and oxygen atoms in total. The van der Waals surface area contributed by atoms with E-state index in [4.69, 9.17) is 9.72 Å². The van der Waals surface area contributed by atoms with Gasteiger partial charge in [-0.25, -0.2) is 4.98 Å². The van der Waals surface area contributed by atoms with E-state index >= 15 is 0 Å². The molecule has 124 valence electrons. The van der Waals surface area contributed by atoms with Crippen molar-refractivity contribution in [3.05, 3.63) is 34.3 Å². The van der Waals surface area contributed by atoms with Crippen LogP contribution in [0.4, 0.5) is 0 Å². The molecule has 0 saturated carbocycles. The quantitative estimate of drug-likeness (QED) is 0.592. The van der Waals surface area contributed by atoms with Gasteiger partial charge in [-0.1, -0.05) is 17.8 Å². The summed E-state index contributed by atoms with van der Waals surface area (Å²) < 4.78 is 5.08. The number of pyridine rings is 1. The van der Waals surface area contributed by atoms with Gasteiger partial charge in [0.15, 0.2) is 0 Å². The summed E-state index contributed by atoms with van der Waals surface area (Å²) >= 11 is 2.95. The van der Waals surface area contributed by atoms with Crippen molar-refractivity contribution in [1.29, 1.82) is 5.26 Å². The summed E-state index contributed by atoms with van der Waals surface area (Å²) in [5.74, 6) is -0.272. The van der Waals surface area contributed by atoms with Crippen LogP contribution in [0.5, 0.6) is 0 Å². The molecule has 0 spiro atoms. The molecule has 0 radical (unpaired) electrons. The highest BCUT2D eigenvalue weighted by atomic mass is 32.2. The monoisotopic (exact) mass is 358 g/mol. The van der Waals surface area contributed by atoms with Crippen LogP contribution < -0.4 is 0 Å². The number of nitriles is 1. The number of esters is 1. The zero-order chi connectivity index (χ0) is 17.1. The number of thiophene rings is 1. The number of hydrogen-bond acceptors (Lipinski definition) is 6. The van der Waals surface area contributed by atoms with Crippen molar-refractivity contribution in [2.45, 2.75) is 43.4 Å². The maximum absolute atomic E-state index is 11.9. The Balaban J connectivity index is 2.06. The summed E-state index contributed by atoms with van der Waals surface area (Å²) in [5.41, 5.74) is 3.85. The minimum Gasteiger partial charge on any atom is -0.465 e. The second-order valence-corrected chi connectivity index (χ2v) is 7.82. The molecule has 2 aromatic heterocycles. The molecule has 2 heterocycles. The summed E-state index contributed by atoms with van der Waals surface area (Å²) in [6.45, 7) is 3.94. The molecule has 3 rings (SSSR count). The zero-order valence-electron chi connectivity index (χ0n) is 13.7. The smallest absolute Gasteiger partial charge is 0.319 e. The first-order chi connectivity index (χ1) is 11.7. The lowest BCUT2D eigenvalue weighted by Gasteiger charge is -2.15. The van der Waals surface area contributed by atoms with Crippen LogP contribution in [0.25, 0.3) is 10.4 Å². The third kappa shape index (κ3) is 3.19. The van der Waals surface area contributed by atoms with Crippen LogP contribution in [-0.2, 0) is 22.4 Å². The largest absolute Gasteiger partial charge is 0.465 e. The van der Waals surface area contributed by atoms with E-state index in [-0.39, 0.29) is 11.2 Å². The van der Waals surface area contributed by atoms with Crippen LogP contribution in [0.1, 0.15) is 37.1 Å². The molecule has 24 heavy (non-hydrogen) atoms. The second-order valence-electron chi connectivity index (χ2n) is 5.55. The highest BCUT2D eigenvalue weighted by Crippen LogP contribution is 2.40. The van der Waals surface area contributed by atoms with Crippen LogP contribution in [0, 0.1) is 11.3 Å². The van der Waals surface area contributed by atoms with Crippen LogP contribution in [-0.4, -0.2) is 22.8 Å². The Kier molecular flexibility index (Phi) is 5.22. The van der Waals surface area contributed by atoms with Gasteiger partial charge in [-0.2, -0.15) is 5.26 Å². The van der Waals surface area contributed by atoms with Gasteiger partial charge in [0, 0.05) is 16.1 Å². The molecule has 0 fully saturated rings. The molecule has 6 heteroatoms. The number of aryl methyl sites for hydroxylation is 1. The highest BCUT2D eigenvalue weighted by Gasteiger charge is 2.27. The number of fused-ring (bicyclic) bond motifs is 1. The van der Waals surface area contributed by atoms with E-state index < -0.39 is 0 Å². The van der Waals surface area contributed by atoms with Gasteiger partial charge >= 0.3 is 5.97 Å². The number of carbonyl (C=O) groups excluding carboxylic acids is 1. The van der Waals surface area contributed by atoms with Crippen molar-refractivity contribution in [1.82, 2.24) is 4.98 Å². The molecule has 0 aromatic carbocycles. The summed E-state index contributed by atoms with van der Waals surface area (Å²) in [6, 6.07) is 6.37. The molecule has 1 atom stereocenters. The van der Waals surface area contributed by atoms with E-state index in [9.17, 15) is 10.1 Å². The number of ether oxygens (including phenoxy) is 1. The van der Waals surface area contributed by atoms with Crippen molar-refractivity contribution in [2.75, 3.05) is 6.61 Å². The molecule has 0 amide bonds. The molecular formula is C18H18N2O2S2. The maximum atomic E-state index is 11.9. The highest BCUT2D eigenvalue weighted by molar-refractivity contribution is 8.00. The van der Waals surface area contributed by atoms with Crippen molar-refractivity contribution in [3.8, 4) is 16.5 Å². The standard InChI is InChI=1S/C18H18N2O2S2/c1-3-22-18(21)11(2)24-17-13(10-19)16(15-8-5-9-23-15)12-6-4-7-14(12)20-17/h5,8-9,11H,3-4,6-7H2,1-2H3/t11-/m1/s1. The summed E-state index contributed by atoms with van der Waals surface area (Å²) in [7, 11) is 0. The fourth-order valence-electron chi connectivity index (χ4n) is 2.91. The molecule has 0 aliphatic heterocycles. The topological polar surface area (TPSA) is 63.0 Å². The van der Waals surface area contributed by atoms with Crippen LogP contribution >= 0.6 is 23.1 Å². The molecule has 0 unspecified atom stereocenters. The Bertz CT molecular complexity index is 794. The Morgan fingerprint density at radius 1 is 1.54 bits per heavy atom. The normalized spacial score (nSPS) is 14.0. The number of rotatable bonds is 5. The van der Waals surface area contributed by atoms with Crippen LogP contribution in [0.15, 0.2) is 22.5 Å². The van der Waals surface area contributed by atoms with E-state index in [1.807, 2.05) is 17.5 Å². The lowest BCUT2D eigenvalue weighted by molar-refractivity contribution is -0.142. The second kappa shape index (κ2) is 7.37. The van der Waals surface area contributed by atoms with Gasteiger partial charge < -0.3 is 4.74 Å². The number of aromatic nitrogens is 1. The average molecular weight is 358 g/mol. The van der Waals surface area contributed by atoms with Crippen molar-refractivity contribution < 1.29 is 9.53 Å². The molecule has 1 aliphatic carbocycles. The van der Waals surface area contributed by atoms with Gasteiger partial charge in [0.2, 0.25) is 0 Å². The molecule has 0 bridgehead atoms. The minimum atomic E-state index is -0.389. The number of hydrogen-bond donors (Lipinski definition) is 0. The molecule has 0 N–H and O–H groups in total. The summed E-state index contributed by atoms with van der Waals surface area (Å²) in [5, 5.41) is 12.0. The molecule has 0 saturated heterocycles. The molecule has 2 aromatic rings. The van der Waals surface area contributed by atoms with Gasteiger partial charge in [0.05, 0.1) is 12.2 Å². The molecule has 1 aliphatic rings. The van der Waals surface area contributed by atoms with Crippen molar-refractivity contribution >= 4 is 29.1 Å². The number of carbonyl (C=O) groups is 1. The predicted octanol–water partition coefficient (Wildman–Crippen LogP) is 4.21. The zero-order valence-corrected chi connectivity index (χ0v) is 15.3. The average Bonchev–Trinajstić information content (AvgIpc) is 3.25. The summed E-state index contributed by atoms with van der Waals surface area (Å²) in [6.07, 6.45) is 2.95. The van der Waals surface area contributed by atoms with Crippen LogP contribution in [0.2, 0.25) is 0 Å². The number of thioether (sulfide) groups is 1. The predicted molar refractivity (Wildman–Crippen MR) is 96.2 cm³/mol. The number of nitrogens with zero attached hydrogens (tertiary/aromatic N) is 2. The summed E-state index contributed by atoms with van der Waals surface area (Å²) in [4.78, 5) is 17.8. The Labute approximate surface area is 149 Å². The van der Waals surface area contributed by atoms with E-state index in [1.165, 1.54) is 17.3 Å². The van der Waals surface area contributed by atoms with Gasteiger partial charge in [-0.3, -0.25) is 4.79 Å². The van der Waals surface area contributed by atoms with Crippen molar-refractivity contribution in [3.63, 3.8) is 0 Å². The van der Waals surface area contributed by atoms with E-state index in [0.717, 1.165) is 35.4 Å². The lowest BCUT2D eigenvalue weighted by atomic mass is 10.0. The Morgan fingerprint density at radius 3 is 3.04 bits per heavy atom. The van der Waals surface area contributed by atoms with Crippen molar-refractivity contribution in [2.24, 2.45) is 0 Å². The Hall–Kier alpha value is -1.84. The van der Waals surface area contributed by atoms with Gasteiger partial charge in [0.25, 0.3) is 0 Å².